The van der Waals surface area contributed by atoms with Crippen molar-refractivity contribution in [3.63, 3.8) is 0 Å². The lowest BCUT2D eigenvalue weighted by Crippen LogP contribution is -2.38. The van der Waals surface area contributed by atoms with Crippen molar-refractivity contribution in [2.75, 3.05) is 26.2 Å². The number of amides is 1. The van der Waals surface area contributed by atoms with Gasteiger partial charge in [0, 0.05) is 23.7 Å². The molecule has 3 aromatic rings. The molecule has 0 spiro atoms. The molecule has 0 radical (unpaired) electrons. The molecule has 1 saturated heterocycles. The number of hydrogen-bond acceptors (Lipinski definition) is 3. The summed E-state index contributed by atoms with van der Waals surface area (Å²) in [6.45, 7) is 3.76. The summed E-state index contributed by atoms with van der Waals surface area (Å²) in [6.07, 6.45) is 3.81. The SMILES string of the molecule is O=C(NCCN1CCCCC1)c1cc(-c2ccccc2)nn1-c1ccc(Cl)cc1. The monoisotopic (exact) mass is 408 g/mol. The third-order valence-corrected chi connectivity index (χ3v) is 5.50. The minimum Gasteiger partial charge on any atom is -0.349 e. The van der Waals surface area contributed by atoms with Gasteiger partial charge < -0.3 is 10.2 Å². The van der Waals surface area contributed by atoms with Crippen LogP contribution in [0.4, 0.5) is 0 Å². The molecular weight excluding hydrogens is 384 g/mol. The van der Waals surface area contributed by atoms with Gasteiger partial charge in [0.25, 0.3) is 5.91 Å². The summed E-state index contributed by atoms with van der Waals surface area (Å²) in [5.74, 6) is -0.119. The van der Waals surface area contributed by atoms with Gasteiger partial charge in [0.15, 0.2) is 0 Å². The summed E-state index contributed by atoms with van der Waals surface area (Å²) in [6, 6.07) is 19.1. The molecule has 0 saturated carbocycles. The average molecular weight is 409 g/mol. The first-order chi connectivity index (χ1) is 14.2. The quantitative estimate of drug-likeness (QED) is 0.657. The van der Waals surface area contributed by atoms with Crippen LogP contribution < -0.4 is 5.32 Å². The fourth-order valence-corrected chi connectivity index (χ4v) is 3.80. The smallest absolute Gasteiger partial charge is 0.270 e. The van der Waals surface area contributed by atoms with Crippen LogP contribution >= 0.6 is 11.6 Å². The lowest BCUT2D eigenvalue weighted by Gasteiger charge is -2.26. The predicted molar refractivity (Wildman–Crippen MR) is 117 cm³/mol. The Morgan fingerprint density at radius 3 is 2.45 bits per heavy atom. The molecule has 1 N–H and O–H groups in total. The fraction of sp³-hybridized carbons (Fsp3) is 0.304. The Hall–Kier alpha value is -2.63. The van der Waals surface area contributed by atoms with Crippen molar-refractivity contribution in [3.05, 3.63) is 71.4 Å². The van der Waals surface area contributed by atoms with E-state index in [-0.39, 0.29) is 5.91 Å². The molecule has 150 valence electrons. The Bertz CT molecular complexity index is 947. The van der Waals surface area contributed by atoms with Gasteiger partial charge in [-0.3, -0.25) is 4.79 Å². The van der Waals surface area contributed by atoms with Crippen LogP contribution in [0.5, 0.6) is 0 Å². The van der Waals surface area contributed by atoms with Gasteiger partial charge in [-0.25, -0.2) is 4.68 Å². The standard InChI is InChI=1S/C23H25ClN4O/c24-19-9-11-20(12-10-19)28-22(17-21(26-28)18-7-3-1-4-8-18)23(29)25-13-16-27-14-5-2-6-15-27/h1,3-4,7-12,17H,2,5-6,13-16H2,(H,25,29). The van der Waals surface area contributed by atoms with E-state index in [0.717, 1.165) is 36.6 Å². The number of rotatable bonds is 6. The van der Waals surface area contributed by atoms with Crippen molar-refractivity contribution in [3.8, 4) is 16.9 Å². The maximum absolute atomic E-state index is 13.0. The Labute approximate surface area is 176 Å². The molecule has 29 heavy (non-hydrogen) atoms. The molecular formula is C23H25ClN4O. The Balaban J connectivity index is 1.55. The first-order valence-corrected chi connectivity index (χ1v) is 10.5. The van der Waals surface area contributed by atoms with Gasteiger partial charge in [-0.05, 0) is 56.3 Å². The van der Waals surface area contributed by atoms with Crippen molar-refractivity contribution in [2.24, 2.45) is 0 Å². The van der Waals surface area contributed by atoms with Gasteiger partial charge in [0.1, 0.15) is 5.69 Å². The van der Waals surface area contributed by atoms with E-state index in [1.165, 1.54) is 19.3 Å². The van der Waals surface area contributed by atoms with Gasteiger partial charge in [-0.2, -0.15) is 5.10 Å². The van der Waals surface area contributed by atoms with E-state index in [9.17, 15) is 4.79 Å². The molecule has 1 fully saturated rings. The van der Waals surface area contributed by atoms with Crippen LogP contribution in [-0.4, -0.2) is 46.8 Å². The number of aromatic nitrogens is 2. The third-order valence-electron chi connectivity index (χ3n) is 5.25. The number of carbonyl (C=O) groups excluding carboxylic acids is 1. The molecule has 4 rings (SSSR count). The Morgan fingerprint density at radius 2 is 1.72 bits per heavy atom. The molecule has 0 atom stereocenters. The van der Waals surface area contributed by atoms with E-state index >= 15 is 0 Å². The molecule has 1 aliphatic heterocycles. The van der Waals surface area contributed by atoms with Gasteiger partial charge in [-0.15, -0.1) is 0 Å². The van der Waals surface area contributed by atoms with Crippen molar-refractivity contribution in [1.29, 1.82) is 0 Å². The largest absolute Gasteiger partial charge is 0.349 e. The molecule has 2 aromatic carbocycles. The maximum Gasteiger partial charge on any atom is 0.270 e. The number of piperidine rings is 1. The normalized spacial score (nSPS) is 14.7. The zero-order valence-electron chi connectivity index (χ0n) is 16.4. The second kappa shape index (κ2) is 9.25. The maximum atomic E-state index is 13.0. The van der Waals surface area contributed by atoms with Crippen LogP contribution in [0.3, 0.4) is 0 Å². The summed E-state index contributed by atoms with van der Waals surface area (Å²) in [7, 11) is 0. The summed E-state index contributed by atoms with van der Waals surface area (Å²) in [5, 5.41) is 8.42. The van der Waals surface area contributed by atoms with Gasteiger partial charge in [0.2, 0.25) is 0 Å². The molecule has 1 aliphatic rings. The number of nitrogens with zero attached hydrogens (tertiary/aromatic N) is 3. The summed E-state index contributed by atoms with van der Waals surface area (Å²) < 4.78 is 1.69. The number of likely N-dealkylation sites (tertiary alicyclic amines) is 1. The highest BCUT2D eigenvalue weighted by atomic mass is 35.5. The molecule has 2 heterocycles. The van der Waals surface area contributed by atoms with Gasteiger partial charge >= 0.3 is 0 Å². The van der Waals surface area contributed by atoms with Crippen LogP contribution in [0.1, 0.15) is 29.8 Å². The van der Waals surface area contributed by atoms with E-state index in [0.29, 0.717) is 17.3 Å². The number of benzene rings is 2. The minimum absolute atomic E-state index is 0.119. The molecule has 0 aliphatic carbocycles. The first kappa shape index (κ1) is 19.7. The Morgan fingerprint density at radius 1 is 1.00 bits per heavy atom. The van der Waals surface area contributed by atoms with Gasteiger partial charge in [0.05, 0.1) is 11.4 Å². The zero-order chi connectivity index (χ0) is 20.1. The van der Waals surface area contributed by atoms with Crippen molar-refractivity contribution in [2.45, 2.75) is 19.3 Å². The molecule has 6 heteroatoms. The van der Waals surface area contributed by atoms with E-state index in [2.05, 4.69) is 10.2 Å². The second-order valence-electron chi connectivity index (χ2n) is 7.33. The van der Waals surface area contributed by atoms with Crippen LogP contribution in [0.2, 0.25) is 5.02 Å². The van der Waals surface area contributed by atoms with Crippen LogP contribution in [0, 0.1) is 0 Å². The van der Waals surface area contributed by atoms with Crippen LogP contribution in [0.15, 0.2) is 60.7 Å². The summed E-state index contributed by atoms with van der Waals surface area (Å²) in [4.78, 5) is 15.4. The lowest BCUT2D eigenvalue weighted by molar-refractivity contribution is 0.0939. The highest BCUT2D eigenvalue weighted by Crippen LogP contribution is 2.22. The fourth-order valence-electron chi connectivity index (χ4n) is 3.67. The number of halogens is 1. The van der Waals surface area contributed by atoms with Crippen molar-refractivity contribution >= 4 is 17.5 Å². The van der Waals surface area contributed by atoms with E-state index < -0.39 is 0 Å². The van der Waals surface area contributed by atoms with E-state index in [1.54, 1.807) is 16.8 Å². The van der Waals surface area contributed by atoms with Crippen LogP contribution in [-0.2, 0) is 0 Å². The Kier molecular flexibility index (Phi) is 6.27. The number of hydrogen-bond donors (Lipinski definition) is 1. The lowest BCUT2D eigenvalue weighted by atomic mass is 10.1. The third kappa shape index (κ3) is 4.86. The van der Waals surface area contributed by atoms with E-state index in [4.69, 9.17) is 16.7 Å². The number of nitrogens with one attached hydrogen (secondary N) is 1. The molecule has 1 amide bonds. The highest BCUT2D eigenvalue weighted by molar-refractivity contribution is 6.30. The summed E-state index contributed by atoms with van der Waals surface area (Å²) in [5.41, 5.74) is 3.06. The second-order valence-corrected chi connectivity index (χ2v) is 7.76. The molecule has 5 nitrogen and oxygen atoms in total. The average Bonchev–Trinajstić information content (AvgIpc) is 3.21. The van der Waals surface area contributed by atoms with Crippen molar-refractivity contribution < 1.29 is 4.79 Å². The summed E-state index contributed by atoms with van der Waals surface area (Å²) >= 11 is 6.03. The first-order valence-electron chi connectivity index (χ1n) is 10.1. The van der Waals surface area contributed by atoms with Crippen LogP contribution in [0.25, 0.3) is 16.9 Å². The zero-order valence-corrected chi connectivity index (χ0v) is 17.1. The number of carbonyl (C=O) groups is 1. The minimum atomic E-state index is -0.119. The van der Waals surface area contributed by atoms with Gasteiger partial charge in [-0.1, -0.05) is 48.4 Å². The molecule has 0 unspecified atom stereocenters. The highest BCUT2D eigenvalue weighted by Gasteiger charge is 2.18. The molecule has 0 bridgehead atoms. The topological polar surface area (TPSA) is 50.2 Å². The van der Waals surface area contributed by atoms with E-state index in [1.807, 2.05) is 48.5 Å². The molecule has 1 aromatic heterocycles. The predicted octanol–water partition coefficient (Wildman–Crippen LogP) is 4.41. The van der Waals surface area contributed by atoms with Crippen molar-refractivity contribution in [1.82, 2.24) is 20.0 Å².